The topological polar surface area (TPSA) is 91.0 Å². The van der Waals surface area contributed by atoms with E-state index in [1.807, 2.05) is 72.8 Å². The van der Waals surface area contributed by atoms with E-state index in [2.05, 4.69) is 21.9 Å². The zero-order valence-corrected chi connectivity index (χ0v) is 21.2. The lowest BCUT2D eigenvalue weighted by Crippen LogP contribution is -2.38. The molecule has 3 aromatic rings. The van der Waals surface area contributed by atoms with Gasteiger partial charge in [0.05, 0.1) is 38.6 Å². The van der Waals surface area contributed by atoms with Crippen molar-refractivity contribution in [1.29, 1.82) is 10.5 Å². The molecule has 0 aliphatic carbocycles. The van der Waals surface area contributed by atoms with E-state index in [0.29, 0.717) is 49.4 Å². The Morgan fingerprint density at radius 1 is 0.526 bits per heavy atom. The average molecular weight is 511 g/mol. The minimum absolute atomic E-state index is 0.288. The highest BCUT2D eigenvalue weighted by atomic mass is 16.5. The fraction of sp³-hybridized carbons (Fsp3) is 0.333. The highest BCUT2D eigenvalue weighted by molar-refractivity contribution is 5.40. The molecule has 194 valence electrons. The molecule has 2 fully saturated rings. The van der Waals surface area contributed by atoms with E-state index in [4.69, 9.17) is 18.9 Å². The van der Waals surface area contributed by atoms with Crippen molar-refractivity contribution >= 4 is 0 Å². The Bertz CT molecular complexity index is 1150. The van der Waals surface area contributed by atoms with Crippen LogP contribution in [0.4, 0.5) is 0 Å². The number of nitriles is 2. The van der Waals surface area contributed by atoms with Gasteiger partial charge in [-0.3, -0.25) is 9.80 Å². The van der Waals surface area contributed by atoms with Crippen molar-refractivity contribution in [2.75, 3.05) is 52.6 Å². The van der Waals surface area contributed by atoms with Crippen LogP contribution >= 0.6 is 0 Å². The summed E-state index contributed by atoms with van der Waals surface area (Å²) in [6.45, 7) is 5.63. The summed E-state index contributed by atoms with van der Waals surface area (Å²) in [7, 11) is 0. The molecule has 8 nitrogen and oxygen atoms in total. The molecule has 2 unspecified atom stereocenters. The van der Waals surface area contributed by atoms with Crippen molar-refractivity contribution in [3.63, 3.8) is 0 Å². The number of hydrogen-bond donors (Lipinski definition) is 0. The summed E-state index contributed by atoms with van der Waals surface area (Å²) in [5.41, 5.74) is 1.89. The molecule has 0 spiro atoms. The van der Waals surface area contributed by atoms with E-state index < -0.39 is 0 Å². The molecule has 2 atom stereocenters. The molecule has 3 aromatic carbocycles. The zero-order chi connectivity index (χ0) is 26.2. The maximum atomic E-state index is 9.68. The summed E-state index contributed by atoms with van der Waals surface area (Å²) in [5.74, 6) is 2.77. The fourth-order valence-corrected chi connectivity index (χ4v) is 4.69. The second-order valence-corrected chi connectivity index (χ2v) is 9.17. The second-order valence-electron chi connectivity index (χ2n) is 9.17. The van der Waals surface area contributed by atoms with Crippen molar-refractivity contribution < 1.29 is 18.9 Å². The first kappa shape index (κ1) is 25.7. The Kier molecular flexibility index (Phi) is 8.49. The van der Waals surface area contributed by atoms with Crippen LogP contribution in [0.25, 0.3) is 0 Å². The van der Waals surface area contributed by atoms with Crippen molar-refractivity contribution in [3.05, 3.63) is 83.9 Å². The third-order valence-electron chi connectivity index (χ3n) is 6.75. The minimum Gasteiger partial charge on any atom is -0.457 e. The Labute approximate surface area is 223 Å². The fourth-order valence-electron chi connectivity index (χ4n) is 4.69. The summed E-state index contributed by atoms with van der Waals surface area (Å²) in [6, 6.07) is 27.0. The summed E-state index contributed by atoms with van der Waals surface area (Å²) in [5, 5.41) is 19.4. The quantitative estimate of drug-likeness (QED) is 0.415. The van der Waals surface area contributed by atoms with E-state index in [9.17, 15) is 10.5 Å². The normalized spacial score (nSPS) is 18.1. The molecule has 2 saturated heterocycles. The molecule has 2 heterocycles. The third kappa shape index (κ3) is 6.31. The molecule has 0 bridgehead atoms. The molecule has 0 amide bonds. The number of morpholine rings is 2. The first-order valence-corrected chi connectivity index (χ1v) is 12.8. The van der Waals surface area contributed by atoms with Gasteiger partial charge in [-0.1, -0.05) is 24.3 Å². The molecule has 0 radical (unpaired) electrons. The maximum absolute atomic E-state index is 9.68. The highest BCUT2D eigenvalue weighted by Gasteiger charge is 2.23. The van der Waals surface area contributed by atoms with Gasteiger partial charge in [-0.15, -0.1) is 0 Å². The molecule has 8 heteroatoms. The number of hydrogen-bond acceptors (Lipinski definition) is 8. The van der Waals surface area contributed by atoms with Crippen LogP contribution in [0.15, 0.2) is 72.8 Å². The van der Waals surface area contributed by atoms with Gasteiger partial charge in [0.15, 0.2) is 0 Å². The molecule has 38 heavy (non-hydrogen) atoms. The molecule has 0 saturated carbocycles. The summed E-state index contributed by atoms with van der Waals surface area (Å²) >= 11 is 0. The van der Waals surface area contributed by atoms with E-state index in [0.717, 1.165) is 37.3 Å². The third-order valence-corrected chi connectivity index (χ3v) is 6.75. The largest absolute Gasteiger partial charge is 0.457 e. The van der Waals surface area contributed by atoms with Gasteiger partial charge in [0.2, 0.25) is 0 Å². The SMILES string of the molecule is N#CC(c1ccc(Oc2ccc(Oc3ccc(C(C#N)N4CCOCC4)cc3)cc2)cc1)N1CCOCC1. The lowest BCUT2D eigenvalue weighted by Gasteiger charge is -2.30. The Morgan fingerprint density at radius 3 is 1.11 bits per heavy atom. The lowest BCUT2D eigenvalue weighted by molar-refractivity contribution is 0.0266. The number of ether oxygens (including phenoxy) is 4. The molecule has 2 aliphatic rings. The van der Waals surface area contributed by atoms with Crippen LogP contribution in [0.2, 0.25) is 0 Å². The zero-order valence-electron chi connectivity index (χ0n) is 21.2. The lowest BCUT2D eigenvalue weighted by atomic mass is 10.1. The predicted octanol–water partition coefficient (Wildman–Crippen LogP) is 5.06. The van der Waals surface area contributed by atoms with Crippen molar-refractivity contribution in [2.24, 2.45) is 0 Å². The van der Waals surface area contributed by atoms with Crippen LogP contribution < -0.4 is 9.47 Å². The summed E-state index contributed by atoms with van der Waals surface area (Å²) in [6.07, 6.45) is 0. The highest BCUT2D eigenvalue weighted by Crippen LogP contribution is 2.30. The van der Waals surface area contributed by atoms with Crippen LogP contribution in [-0.4, -0.2) is 62.4 Å². The Hall–Kier alpha value is -3.92. The number of rotatable bonds is 8. The molecular weight excluding hydrogens is 480 g/mol. The van der Waals surface area contributed by atoms with Crippen LogP contribution in [0.1, 0.15) is 23.2 Å². The van der Waals surface area contributed by atoms with E-state index in [-0.39, 0.29) is 12.1 Å². The molecule has 5 rings (SSSR count). The van der Waals surface area contributed by atoms with Crippen LogP contribution in [0, 0.1) is 22.7 Å². The Morgan fingerprint density at radius 2 is 0.816 bits per heavy atom. The van der Waals surface area contributed by atoms with Gasteiger partial charge in [0.1, 0.15) is 35.1 Å². The number of benzene rings is 3. The van der Waals surface area contributed by atoms with Crippen molar-refractivity contribution in [3.8, 4) is 35.1 Å². The maximum Gasteiger partial charge on any atom is 0.127 e. The van der Waals surface area contributed by atoms with Gasteiger partial charge in [-0.25, -0.2) is 0 Å². The standard InChI is InChI=1S/C30H30N4O4/c31-21-29(33-13-17-35-18-14-33)23-1-5-25(6-2-23)37-27-9-11-28(12-10-27)38-26-7-3-24(4-8-26)30(22-32)34-15-19-36-20-16-34/h1-12,29-30H,13-20H2. The van der Waals surface area contributed by atoms with Gasteiger partial charge in [0.25, 0.3) is 0 Å². The van der Waals surface area contributed by atoms with Crippen LogP contribution in [0.3, 0.4) is 0 Å². The first-order chi connectivity index (χ1) is 18.7. The minimum atomic E-state index is -0.288. The molecule has 2 aliphatic heterocycles. The number of nitrogens with zero attached hydrogens (tertiary/aromatic N) is 4. The van der Waals surface area contributed by atoms with Gasteiger partial charge in [-0.2, -0.15) is 10.5 Å². The molecule has 0 N–H and O–H groups in total. The predicted molar refractivity (Wildman–Crippen MR) is 141 cm³/mol. The van der Waals surface area contributed by atoms with E-state index in [1.54, 1.807) is 0 Å². The van der Waals surface area contributed by atoms with Gasteiger partial charge >= 0.3 is 0 Å². The van der Waals surface area contributed by atoms with Gasteiger partial charge in [0, 0.05) is 26.2 Å². The van der Waals surface area contributed by atoms with Crippen LogP contribution in [0.5, 0.6) is 23.0 Å². The van der Waals surface area contributed by atoms with E-state index >= 15 is 0 Å². The first-order valence-electron chi connectivity index (χ1n) is 12.8. The van der Waals surface area contributed by atoms with Gasteiger partial charge in [-0.05, 0) is 59.7 Å². The van der Waals surface area contributed by atoms with Crippen LogP contribution in [-0.2, 0) is 9.47 Å². The monoisotopic (exact) mass is 510 g/mol. The molecule has 0 aromatic heterocycles. The second kappa shape index (κ2) is 12.6. The molecular formula is C30H30N4O4. The summed E-state index contributed by atoms with van der Waals surface area (Å²) in [4.78, 5) is 4.27. The smallest absolute Gasteiger partial charge is 0.127 e. The average Bonchev–Trinajstić information content (AvgIpc) is 2.98. The Balaban J connectivity index is 1.17. The van der Waals surface area contributed by atoms with E-state index in [1.165, 1.54) is 0 Å². The van der Waals surface area contributed by atoms with Gasteiger partial charge < -0.3 is 18.9 Å². The van der Waals surface area contributed by atoms with Crippen molar-refractivity contribution in [2.45, 2.75) is 12.1 Å². The summed E-state index contributed by atoms with van der Waals surface area (Å²) < 4.78 is 22.8. The van der Waals surface area contributed by atoms with Crippen molar-refractivity contribution in [1.82, 2.24) is 9.80 Å².